The molecule has 0 radical (unpaired) electrons. The van der Waals surface area contributed by atoms with E-state index in [1.165, 1.54) is 12.1 Å². The van der Waals surface area contributed by atoms with Crippen molar-refractivity contribution in [2.45, 2.75) is 51.7 Å². The number of hydrogen-bond donors (Lipinski definition) is 2. The summed E-state index contributed by atoms with van der Waals surface area (Å²) in [7, 11) is 0. The van der Waals surface area contributed by atoms with Crippen LogP contribution in [-0.4, -0.2) is 45.9 Å². The highest BCUT2D eigenvalue weighted by molar-refractivity contribution is 6.46. The van der Waals surface area contributed by atoms with Crippen LogP contribution < -0.4 is 9.47 Å². The maximum Gasteiger partial charge on any atom is 0.349 e. The molecule has 8 nitrogen and oxygen atoms in total. The van der Waals surface area contributed by atoms with Crippen LogP contribution in [0.2, 0.25) is 20.1 Å². The number of ether oxygens (including phenoxy) is 2. The number of carbonyl (C=O) groups excluding carboxylic acids is 2. The molecule has 0 amide bonds. The van der Waals surface area contributed by atoms with E-state index in [2.05, 4.69) is 0 Å². The van der Waals surface area contributed by atoms with E-state index in [1.54, 1.807) is 0 Å². The van der Waals surface area contributed by atoms with Crippen molar-refractivity contribution in [3.05, 3.63) is 54.5 Å². The van der Waals surface area contributed by atoms with Gasteiger partial charge in [0.25, 0.3) is 0 Å². The summed E-state index contributed by atoms with van der Waals surface area (Å²) in [4.78, 5) is 49.6. The van der Waals surface area contributed by atoms with Crippen molar-refractivity contribution in [3.8, 4) is 11.5 Å². The molecule has 0 saturated carbocycles. The highest BCUT2D eigenvalue weighted by atomic mass is 35.5. The molecule has 2 N–H and O–H groups in total. The summed E-state index contributed by atoms with van der Waals surface area (Å²) in [6, 6.07) is 2.78. The second-order valence-corrected chi connectivity index (χ2v) is 10.7. The molecular formula is C26H22Cl4O8. The molecule has 12 heteroatoms. The standard InChI is InChI=1S/C26H22Cl4O8/c1-3-9-5-11-7-13(17(27)19(29)15(11)21(9)31)37-23(25(33)34)24(26(35)36)38-14-8-12-6-10(4-2)22(32)16(12)20(30)18(14)28/h7-10,23-24H,3-6H2,1-2H3,(H,33,34)(H,35,36). The zero-order chi connectivity index (χ0) is 28.0. The minimum absolute atomic E-state index is 0.0966. The number of hydrogen-bond acceptors (Lipinski definition) is 6. The van der Waals surface area contributed by atoms with Crippen molar-refractivity contribution < 1.29 is 38.9 Å². The van der Waals surface area contributed by atoms with Crippen LogP contribution in [0.5, 0.6) is 11.5 Å². The first-order valence-corrected chi connectivity index (χ1v) is 13.3. The minimum Gasteiger partial charge on any atom is -0.478 e. The fraction of sp³-hybridized carbons (Fsp3) is 0.385. The molecule has 2 aromatic rings. The number of aliphatic carboxylic acids is 2. The van der Waals surface area contributed by atoms with Gasteiger partial charge in [-0.15, -0.1) is 0 Å². The van der Waals surface area contributed by atoms with Gasteiger partial charge in [0.15, 0.2) is 11.6 Å². The predicted molar refractivity (Wildman–Crippen MR) is 141 cm³/mol. The number of ketones is 2. The van der Waals surface area contributed by atoms with Gasteiger partial charge in [0, 0.05) is 23.0 Å². The number of benzene rings is 2. The highest BCUT2D eigenvalue weighted by Gasteiger charge is 2.42. The second-order valence-electron chi connectivity index (χ2n) is 9.17. The summed E-state index contributed by atoms with van der Waals surface area (Å²) in [5.74, 6) is -4.71. The minimum atomic E-state index is -2.11. The van der Waals surface area contributed by atoms with Crippen molar-refractivity contribution >= 4 is 69.9 Å². The van der Waals surface area contributed by atoms with E-state index in [0.717, 1.165) is 0 Å². The van der Waals surface area contributed by atoms with E-state index >= 15 is 0 Å². The van der Waals surface area contributed by atoms with Gasteiger partial charge < -0.3 is 19.7 Å². The van der Waals surface area contributed by atoms with Crippen LogP contribution in [0.15, 0.2) is 12.1 Å². The monoisotopic (exact) mass is 602 g/mol. The Bertz CT molecular complexity index is 1270. The van der Waals surface area contributed by atoms with Gasteiger partial charge in [0.1, 0.15) is 21.5 Å². The lowest BCUT2D eigenvalue weighted by Gasteiger charge is -2.24. The molecule has 0 aliphatic heterocycles. The van der Waals surface area contributed by atoms with Crippen LogP contribution in [0.4, 0.5) is 0 Å². The fourth-order valence-electron chi connectivity index (χ4n) is 4.87. The lowest BCUT2D eigenvalue weighted by atomic mass is 10.0. The summed E-state index contributed by atoms with van der Waals surface area (Å²) >= 11 is 25.3. The maximum atomic E-state index is 12.6. The largest absolute Gasteiger partial charge is 0.478 e. The van der Waals surface area contributed by atoms with Gasteiger partial charge in [-0.25, -0.2) is 9.59 Å². The number of Topliss-reactive ketones (excluding diaryl/α,β-unsaturated/α-hetero) is 2. The normalized spacial score (nSPS) is 19.6. The Balaban J connectivity index is 1.70. The van der Waals surface area contributed by atoms with Crippen molar-refractivity contribution in [2.75, 3.05) is 0 Å². The van der Waals surface area contributed by atoms with E-state index in [4.69, 9.17) is 55.9 Å². The lowest BCUT2D eigenvalue weighted by molar-refractivity contribution is -0.161. The van der Waals surface area contributed by atoms with E-state index < -0.39 is 24.1 Å². The first-order valence-electron chi connectivity index (χ1n) is 11.8. The van der Waals surface area contributed by atoms with Crippen molar-refractivity contribution in [2.24, 2.45) is 11.8 Å². The number of rotatable bonds is 9. The first kappa shape index (κ1) is 28.5. The molecule has 38 heavy (non-hydrogen) atoms. The van der Waals surface area contributed by atoms with Gasteiger partial charge in [-0.2, -0.15) is 0 Å². The Kier molecular flexibility index (Phi) is 8.19. The Morgan fingerprint density at radius 2 is 1.11 bits per heavy atom. The van der Waals surface area contributed by atoms with Gasteiger partial charge in [0.2, 0.25) is 12.2 Å². The summed E-state index contributed by atoms with van der Waals surface area (Å²) in [6.07, 6.45) is -2.36. The quantitative estimate of drug-likeness (QED) is 0.347. The van der Waals surface area contributed by atoms with E-state index in [0.29, 0.717) is 36.8 Å². The van der Waals surface area contributed by atoms with Crippen molar-refractivity contribution in [1.82, 2.24) is 0 Å². The number of halogens is 4. The van der Waals surface area contributed by atoms with Crippen LogP contribution in [-0.2, 0) is 22.4 Å². The molecule has 0 saturated heterocycles. The Morgan fingerprint density at radius 1 is 0.763 bits per heavy atom. The van der Waals surface area contributed by atoms with Crippen LogP contribution in [0, 0.1) is 11.8 Å². The molecule has 2 aromatic carbocycles. The van der Waals surface area contributed by atoms with E-state index in [9.17, 15) is 29.4 Å². The summed E-state index contributed by atoms with van der Waals surface area (Å²) < 4.78 is 11.1. The van der Waals surface area contributed by atoms with Crippen LogP contribution >= 0.6 is 46.4 Å². The molecule has 2 aliphatic rings. The molecule has 0 spiro atoms. The lowest BCUT2D eigenvalue weighted by Crippen LogP contribution is -2.47. The Labute approximate surface area is 237 Å². The van der Waals surface area contributed by atoms with Gasteiger partial charge in [0.05, 0.1) is 10.0 Å². The second kappa shape index (κ2) is 10.9. The van der Waals surface area contributed by atoms with Crippen LogP contribution in [0.3, 0.4) is 0 Å². The van der Waals surface area contributed by atoms with Gasteiger partial charge in [-0.05, 0) is 48.9 Å². The van der Waals surface area contributed by atoms with E-state index in [1.807, 2.05) is 13.8 Å². The predicted octanol–water partition coefficient (Wildman–Crippen LogP) is 6.19. The smallest absolute Gasteiger partial charge is 0.349 e. The summed E-state index contributed by atoms with van der Waals surface area (Å²) in [5.41, 5.74) is 1.53. The molecule has 4 unspecified atom stereocenters. The number of carboxylic acids is 2. The zero-order valence-electron chi connectivity index (χ0n) is 20.1. The zero-order valence-corrected chi connectivity index (χ0v) is 23.2. The topological polar surface area (TPSA) is 127 Å². The average Bonchev–Trinajstić information content (AvgIpc) is 3.37. The number of carboxylic acid groups (broad SMARTS) is 2. The Hall–Kier alpha value is -2.52. The first-order chi connectivity index (χ1) is 17.9. The van der Waals surface area contributed by atoms with Crippen molar-refractivity contribution in [1.29, 1.82) is 0 Å². The fourth-order valence-corrected chi connectivity index (χ4v) is 5.88. The van der Waals surface area contributed by atoms with Gasteiger partial charge in [-0.1, -0.05) is 60.3 Å². The van der Waals surface area contributed by atoms with E-state index in [-0.39, 0.29) is 66.1 Å². The van der Waals surface area contributed by atoms with Crippen LogP contribution in [0.25, 0.3) is 0 Å². The third kappa shape index (κ3) is 4.83. The molecule has 4 atom stereocenters. The number of fused-ring (bicyclic) bond motifs is 2. The van der Waals surface area contributed by atoms with Gasteiger partial charge in [-0.3, -0.25) is 9.59 Å². The SMILES string of the molecule is CCC1Cc2cc(OC(C(=O)O)C(Oc3cc4c(c(Cl)c3Cl)C(=O)C(CC)C4)C(=O)O)c(Cl)c(Cl)c2C1=O. The Morgan fingerprint density at radius 3 is 1.39 bits per heavy atom. The van der Waals surface area contributed by atoms with Crippen LogP contribution in [0.1, 0.15) is 58.5 Å². The molecule has 4 rings (SSSR count). The third-order valence-corrected chi connectivity index (χ3v) is 8.63. The van der Waals surface area contributed by atoms with Gasteiger partial charge >= 0.3 is 11.9 Å². The average molecular weight is 604 g/mol. The molecular weight excluding hydrogens is 582 g/mol. The third-order valence-electron chi connectivity index (χ3n) is 6.93. The molecule has 0 bridgehead atoms. The maximum absolute atomic E-state index is 12.6. The van der Waals surface area contributed by atoms with Crippen molar-refractivity contribution in [3.63, 3.8) is 0 Å². The molecule has 0 fully saturated rings. The molecule has 202 valence electrons. The molecule has 2 aliphatic carbocycles. The highest BCUT2D eigenvalue weighted by Crippen LogP contribution is 2.45. The number of carbonyl (C=O) groups is 4. The molecule has 0 aromatic heterocycles. The summed E-state index contributed by atoms with van der Waals surface area (Å²) in [6.45, 7) is 3.70. The molecule has 0 heterocycles. The summed E-state index contributed by atoms with van der Waals surface area (Å²) in [5, 5.41) is 19.1.